The van der Waals surface area contributed by atoms with Crippen molar-refractivity contribution in [3.63, 3.8) is 0 Å². The van der Waals surface area contributed by atoms with Crippen LogP contribution in [0.25, 0.3) is 0 Å². The smallest absolute Gasteiger partial charge is 0.410 e. The first kappa shape index (κ1) is 60.4. The van der Waals surface area contributed by atoms with Crippen molar-refractivity contribution in [2.75, 3.05) is 13.7 Å². The lowest BCUT2D eigenvalue weighted by Crippen LogP contribution is -2.53. The number of aliphatic hydroxyl groups is 1. The predicted octanol–water partition coefficient (Wildman–Crippen LogP) is 9.10. The average Bonchev–Trinajstić information content (AvgIpc) is 3.50. The topological polar surface area (TPSA) is 196 Å². The van der Waals surface area contributed by atoms with Crippen molar-refractivity contribution in [3.8, 4) is 0 Å². The number of methoxy groups -OCH3 is 1. The molecule has 0 radical (unpaired) electrons. The third kappa shape index (κ3) is 16.3. The van der Waals surface area contributed by atoms with Crippen molar-refractivity contribution < 1.29 is 67.0 Å². The van der Waals surface area contributed by atoms with Crippen LogP contribution in [-0.4, -0.2) is 125 Å². The summed E-state index contributed by atoms with van der Waals surface area (Å²) in [6.45, 7) is 24.8. The number of nitrogens with zero attached hydrogens (tertiary/aromatic N) is 2. The maximum atomic E-state index is 15.5. The van der Waals surface area contributed by atoms with Gasteiger partial charge in [0.05, 0.1) is 55.3 Å². The predicted molar refractivity (Wildman–Crippen MR) is 277 cm³/mol. The molecule has 1 aromatic carbocycles. The minimum Gasteiger partial charge on any atom is -0.461 e. The van der Waals surface area contributed by atoms with Gasteiger partial charge in [-0.2, -0.15) is 0 Å². The van der Waals surface area contributed by atoms with Gasteiger partial charge in [0, 0.05) is 50.7 Å². The van der Waals surface area contributed by atoms with Crippen LogP contribution in [-0.2, 0) is 70.1 Å². The molecule has 5 rings (SSSR count). The largest absolute Gasteiger partial charge is 0.461 e. The first-order valence-electron chi connectivity index (χ1n) is 27.1. The monoisotopic (exact) mass is 1040 g/mol. The Bertz CT molecular complexity index is 2110. The van der Waals surface area contributed by atoms with Crippen LogP contribution in [0.1, 0.15) is 140 Å². The van der Waals surface area contributed by atoms with Crippen LogP contribution in [0, 0.1) is 47.3 Å². The highest BCUT2D eigenvalue weighted by molar-refractivity contribution is 5.92. The Morgan fingerprint density at radius 2 is 1.51 bits per heavy atom. The van der Waals surface area contributed by atoms with Gasteiger partial charge in [-0.25, -0.2) is 4.79 Å². The number of benzene rings is 1. The molecule has 3 aliphatic heterocycles. The van der Waals surface area contributed by atoms with Crippen LogP contribution in [0.15, 0.2) is 54.9 Å². The minimum absolute atomic E-state index is 0.0522. The number of amides is 1. The van der Waals surface area contributed by atoms with Gasteiger partial charge in [-0.15, -0.1) is 0 Å². The third-order valence-corrected chi connectivity index (χ3v) is 16.0. The Labute approximate surface area is 440 Å². The molecule has 3 fully saturated rings. The van der Waals surface area contributed by atoms with Crippen LogP contribution in [0.4, 0.5) is 4.79 Å². The van der Waals surface area contributed by atoms with Crippen LogP contribution in [0.2, 0.25) is 0 Å². The molecule has 1 unspecified atom stereocenters. The van der Waals surface area contributed by atoms with Gasteiger partial charge >= 0.3 is 24.0 Å². The van der Waals surface area contributed by atoms with E-state index in [1.165, 1.54) is 0 Å². The van der Waals surface area contributed by atoms with Crippen LogP contribution < -0.4 is 0 Å². The molecule has 1 aromatic heterocycles. The fourth-order valence-electron chi connectivity index (χ4n) is 11.3. The summed E-state index contributed by atoms with van der Waals surface area (Å²) in [7, 11) is 1.57. The Hall–Kier alpha value is -4.48. The van der Waals surface area contributed by atoms with Gasteiger partial charge in [0.1, 0.15) is 24.9 Å². The summed E-state index contributed by atoms with van der Waals surface area (Å²) in [6.07, 6.45) is -1.45. The van der Waals surface area contributed by atoms with Crippen LogP contribution >= 0.6 is 0 Å². The van der Waals surface area contributed by atoms with E-state index in [-0.39, 0.29) is 80.6 Å². The van der Waals surface area contributed by atoms with Gasteiger partial charge in [0.25, 0.3) is 0 Å². The maximum absolute atomic E-state index is 15.5. The molecule has 1 N–H and O–H groups in total. The molecular formula is C58H88N2O14. The number of aromatic nitrogens is 1. The number of cyclic esters (lactones) is 1. The van der Waals surface area contributed by atoms with Crippen molar-refractivity contribution in [1.29, 1.82) is 0 Å². The summed E-state index contributed by atoms with van der Waals surface area (Å²) in [5.74, 6) is -6.01. The molecule has 16 nitrogen and oxygen atoms in total. The van der Waals surface area contributed by atoms with Crippen LogP contribution in [0.3, 0.4) is 0 Å². The molecule has 3 saturated heterocycles. The van der Waals surface area contributed by atoms with E-state index in [0.29, 0.717) is 24.8 Å². The molecule has 414 valence electrons. The Morgan fingerprint density at radius 3 is 2.16 bits per heavy atom. The first-order valence-corrected chi connectivity index (χ1v) is 27.1. The van der Waals surface area contributed by atoms with E-state index in [1.54, 1.807) is 57.3 Å². The number of carbonyl (C=O) groups is 5. The van der Waals surface area contributed by atoms with Gasteiger partial charge in [0.15, 0.2) is 17.7 Å². The summed E-state index contributed by atoms with van der Waals surface area (Å²) >= 11 is 0. The minimum atomic E-state index is -1.69. The number of pyridine rings is 1. The summed E-state index contributed by atoms with van der Waals surface area (Å²) in [6, 6.07) is 12.6. The SMILES string of the molecule is CO[C@H]1C[C@H](CC[C@H](C)[C@H]2OC(=O)[C@H](C)[C@@H](O[C@H]3C[C@@H](C)N(C(=O)OCc4ccccc4)C[C@H](C)O3)[C@H](C)[C@@H](C)[C@@H](C)C[C@](C)(OC(=O)Cc3ccncc3)C(=O)[C@H](C)[C@H](OC(=O)CC(C)C)[C@H]2C)OC(C)[C@H]1O. The third-order valence-electron chi connectivity index (χ3n) is 16.0. The standard InChI is InChI=1S/C58H88N2O14/c1-33(2)26-48(61)71-54-40(9)52(34(3)20-21-46-29-47(67-14)51(63)43(12)70-46)73-56(65)42(11)53(72-50-27-36(5)60(31-37(6)69-50)57(66)68-32-45-18-16-15-17-19-45)39(8)38(7)35(4)30-58(13,55(64)41(54)10)74-49(62)28-44-22-24-59-25-23-44/h15-19,22-25,33-43,46-47,50-54,63H,20-21,26-32H2,1-14H3/t34-,35-,36+,37-,38-,39+,40-,41+,42+,43?,46-,47-,50-,51+,52+,53-,54+,58-/m0/s1. The second kappa shape index (κ2) is 27.5. The Balaban J connectivity index is 1.54. The summed E-state index contributed by atoms with van der Waals surface area (Å²) < 4.78 is 50.7. The van der Waals surface area contributed by atoms with Gasteiger partial charge in [-0.1, -0.05) is 85.7 Å². The molecule has 0 bridgehead atoms. The highest BCUT2D eigenvalue weighted by Gasteiger charge is 2.50. The highest BCUT2D eigenvalue weighted by atomic mass is 16.7. The zero-order valence-electron chi connectivity index (χ0n) is 46.6. The summed E-state index contributed by atoms with van der Waals surface area (Å²) in [5.41, 5.74) is -0.148. The molecule has 18 atom stereocenters. The molecule has 16 heteroatoms. The van der Waals surface area contributed by atoms with Gasteiger partial charge in [0.2, 0.25) is 0 Å². The molecule has 74 heavy (non-hydrogen) atoms. The number of rotatable bonds is 15. The van der Waals surface area contributed by atoms with E-state index in [4.69, 9.17) is 37.9 Å². The lowest BCUT2D eigenvalue weighted by molar-refractivity contribution is -0.219. The van der Waals surface area contributed by atoms with E-state index in [2.05, 4.69) is 4.98 Å². The first-order chi connectivity index (χ1) is 34.9. The van der Waals surface area contributed by atoms with Crippen molar-refractivity contribution in [2.45, 2.75) is 208 Å². The fourth-order valence-corrected chi connectivity index (χ4v) is 11.3. The van der Waals surface area contributed by atoms with Crippen molar-refractivity contribution in [2.24, 2.45) is 47.3 Å². The lowest BCUT2D eigenvalue weighted by Gasteiger charge is -2.43. The zero-order valence-corrected chi connectivity index (χ0v) is 46.6. The van der Waals surface area contributed by atoms with Crippen LogP contribution in [0.5, 0.6) is 0 Å². The normalized spacial score (nSPS) is 35.2. The van der Waals surface area contributed by atoms with Gasteiger partial charge in [-0.05, 0) is 107 Å². The Kier molecular flexibility index (Phi) is 22.5. The Morgan fingerprint density at radius 1 is 0.838 bits per heavy atom. The number of aliphatic hydroxyl groups excluding tert-OH is 1. The molecule has 0 aliphatic carbocycles. The number of hydrogen-bond donors (Lipinski definition) is 1. The quantitative estimate of drug-likeness (QED) is 0.131. The van der Waals surface area contributed by atoms with E-state index in [9.17, 15) is 19.5 Å². The van der Waals surface area contributed by atoms with E-state index >= 15 is 9.59 Å². The molecule has 0 saturated carbocycles. The fraction of sp³-hybridized carbons (Fsp3) is 0.724. The van der Waals surface area contributed by atoms with E-state index in [1.807, 2.05) is 99.6 Å². The molecule has 1 amide bonds. The zero-order chi connectivity index (χ0) is 54.6. The number of Topliss-reactive ketones (excluding diaryl/α,β-unsaturated/α-hetero) is 1. The van der Waals surface area contributed by atoms with Gasteiger partial charge < -0.3 is 47.9 Å². The average molecular weight is 1040 g/mol. The number of esters is 3. The number of ketones is 1. The van der Waals surface area contributed by atoms with Crippen molar-refractivity contribution in [3.05, 3.63) is 66.0 Å². The van der Waals surface area contributed by atoms with Gasteiger partial charge in [-0.3, -0.25) is 24.2 Å². The molecule has 0 spiro atoms. The molecule has 4 heterocycles. The van der Waals surface area contributed by atoms with E-state index in [0.717, 1.165) is 5.56 Å². The summed E-state index contributed by atoms with van der Waals surface area (Å²) in [5, 5.41) is 10.7. The lowest BCUT2D eigenvalue weighted by atomic mass is 9.71. The van der Waals surface area contributed by atoms with Crippen molar-refractivity contribution >= 4 is 29.8 Å². The number of hydrogen-bond acceptors (Lipinski definition) is 15. The van der Waals surface area contributed by atoms with Crippen molar-refractivity contribution in [1.82, 2.24) is 9.88 Å². The molecular weight excluding hydrogens is 949 g/mol. The second-order valence-electron chi connectivity index (χ2n) is 22.7. The summed E-state index contributed by atoms with van der Waals surface area (Å²) in [4.78, 5) is 77.7. The number of carbonyl (C=O) groups excluding carboxylic acids is 5. The molecule has 3 aliphatic rings. The second-order valence-corrected chi connectivity index (χ2v) is 22.7. The number of ether oxygens (including phenoxy) is 8. The highest BCUT2D eigenvalue weighted by Crippen LogP contribution is 2.41. The van der Waals surface area contributed by atoms with E-state index < -0.39 is 102 Å². The molecule has 2 aromatic rings. The maximum Gasteiger partial charge on any atom is 0.410 e.